The zero-order valence-corrected chi connectivity index (χ0v) is 11.8. The summed E-state index contributed by atoms with van der Waals surface area (Å²) in [6, 6.07) is 2.16. The highest BCUT2D eigenvalue weighted by atomic mass is 19.1. The second-order valence-electron chi connectivity index (χ2n) is 4.87. The largest absolute Gasteiger partial charge is 0.378 e. The van der Waals surface area contributed by atoms with E-state index >= 15 is 0 Å². The van der Waals surface area contributed by atoms with E-state index in [4.69, 9.17) is 4.74 Å². The van der Waals surface area contributed by atoms with E-state index in [1.54, 1.807) is 0 Å². The van der Waals surface area contributed by atoms with Gasteiger partial charge in [0.05, 0.1) is 29.8 Å². The van der Waals surface area contributed by atoms with Crippen LogP contribution in [0.2, 0.25) is 0 Å². The van der Waals surface area contributed by atoms with E-state index in [9.17, 15) is 19.3 Å². The Balaban J connectivity index is 2.36. The van der Waals surface area contributed by atoms with Gasteiger partial charge in [0, 0.05) is 18.7 Å². The number of carbonyl (C=O) groups excluding carboxylic acids is 1. The van der Waals surface area contributed by atoms with Crippen LogP contribution in [0.25, 0.3) is 0 Å². The van der Waals surface area contributed by atoms with Crippen molar-refractivity contribution in [2.24, 2.45) is 0 Å². The molecule has 1 amide bonds. The molecule has 1 fully saturated rings. The average Bonchev–Trinajstić information content (AvgIpc) is 2.49. The van der Waals surface area contributed by atoms with Crippen molar-refractivity contribution in [2.45, 2.75) is 19.8 Å². The first-order valence-corrected chi connectivity index (χ1v) is 6.88. The Kier molecular flexibility index (Phi) is 4.85. The Morgan fingerprint density at radius 3 is 2.67 bits per heavy atom. The van der Waals surface area contributed by atoms with Gasteiger partial charge in [0.1, 0.15) is 5.82 Å². The van der Waals surface area contributed by atoms with E-state index in [0.29, 0.717) is 44.7 Å². The molecule has 1 aromatic rings. The first-order valence-electron chi connectivity index (χ1n) is 6.88. The maximum atomic E-state index is 14.1. The molecule has 0 bridgehead atoms. The number of aryl methyl sites for hydroxylation is 1. The van der Waals surface area contributed by atoms with Gasteiger partial charge in [-0.1, -0.05) is 13.3 Å². The summed E-state index contributed by atoms with van der Waals surface area (Å²) >= 11 is 0. The molecule has 0 radical (unpaired) electrons. The van der Waals surface area contributed by atoms with Gasteiger partial charge in [-0.25, -0.2) is 4.39 Å². The lowest BCUT2D eigenvalue weighted by Gasteiger charge is -2.27. The summed E-state index contributed by atoms with van der Waals surface area (Å²) in [6.45, 7) is 3.51. The van der Waals surface area contributed by atoms with Gasteiger partial charge in [-0.05, 0) is 12.5 Å². The van der Waals surface area contributed by atoms with Gasteiger partial charge >= 0.3 is 0 Å². The minimum Gasteiger partial charge on any atom is -0.378 e. The highest BCUT2D eigenvalue weighted by molar-refractivity contribution is 5.95. The number of rotatable bonds is 4. The fourth-order valence-corrected chi connectivity index (χ4v) is 2.35. The number of ether oxygens (including phenoxy) is 1. The van der Waals surface area contributed by atoms with Crippen molar-refractivity contribution in [3.8, 4) is 0 Å². The van der Waals surface area contributed by atoms with Crippen LogP contribution in [0.5, 0.6) is 0 Å². The summed E-state index contributed by atoms with van der Waals surface area (Å²) in [4.78, 5) is 24.2. The van der Waals surface area contributed by atoms with Gasteiger partial charge in [0.2, 0.25) is 0 Å². The highest BCUT2D eigenvalue weighted by Gasteiger charge is 2.25. The fraction of sp³-hybridized carbons (Fsp3) is 0.500. The topological polar surface area (TPSA) is 72.7 Å². The molecule has 2 rings (SSSR count). The van der Waals surface area contributed by atoms with Crippen molar-refractivity contribution in [1.82, 2.24) is 4.90 Å². The molecule has 7 heteroatoms. The van der Waals surface area contributed by atoms with Crippen LogP contribution < -0.4 is 0 Å². The summed E-state index contributed by atoms with van der Waals surface area (Å²) in [5, 5.41) is 11.0. The van der Waals surface area contributed by atoms with Crippen LogP contribution in [-0.4, -0.2) is 42.0 Å². The highest BCUT2D eigenvalue weighted by Crippen LogP contribution is 2.25. The standard InChI is InChI=1S/C14H17FN2O4/c1-2-3-10-8-11(12(15)9-13(10)17(19)20)14(18)16-4-6-21-7-5-16/h8-9H,2-7H2,1H3. The predicted molar refractivity (Wildman–Crippen MR) is 73.8 cm³/mol. The molecule has 1 saturated heterocycles. The van der Waals surface area contributed by atoms with Gasteiger partial charge in [0.15, 0.2) is 0 Å². The van der Waals surface area contributed by atoms with E-state index in [1.165, 1.54) is 11.0 Å². The SMILES string of the molecule is CCCc1cc(C(=O)N2CCOCC2)c(F)cc1[N+](=O)[O-]. The number of hydrogen-bond acceptors (Lipinski definition) is 4. The third kappa shape index (κ3) is 3.36. The summed E-state index contributed by atoms with van der Waals surface area (Å²) in [5.41, 5.74) is 0.0133. The lowest BCUT2D eigenvalue weighted by Crippen LogP contribution is -2.41. The van der Waals surface area contributed by atoms with Gasteiger partial charge in [-0.3, -0.25) is 14.9 Å². The van der Waals surface area contributed by atoms with Crippen molar-refractivity contribution in [3.63, 3.8) is 0 Å². The van der Waals surface area contributed by atoms with E-state index in [0.717, 1.165) is 6.07 Å². The molecule has 1 aliphatic heterocycles. The fourth-order valence-electron chi connectivity index (χ4n) is 2.35. The average molecular weight is 296 g/mol. The Morgan fingerprint density at radius 2 is 2.10 bits per heavy atom. The number of halogens is 1. The zero-order chi connectivity index (χ0) is 15.4. The van der Waals surface area contributed by atoms with Crippen molar-refractivity contribution in [1.29, 1.82) is 0 Å². The Labute approximate surface area is 121 Å². The van der Waals surface area contributed by atoms with E-state index in [1.807, 2.05) is 6.92 Å². The molecule has 1 aliphatic rings. The number of hydrogen-bond donors (Lipinski definition) is 0. The number of nitrogens with zero attached hydrogens (tertiary/aromatic N) is 2. The van der Waals surface area contributed by atoms with Crippen LogP contribution in [0, 0.1) is 15.9 Å². The number of nitro benzene ring substituents is 1. The maximum absolute atomic E-state index is 14.1. The monoisotopic (exact) mass is 296 g/mol. The summed E-state index contributed by atoms with van der Waals surface area (Å²) < 4.78 is 19.2. The minimum absolute atomic E-state index is 0.106. The molecule has 1 aromatic carbocycles. The second-order valence-corrected chi connectivity index (χ2v) is 4.87. The van der Waals surface area contributed by atoms with Crippen molar-refractivity contribution < 1.29 is 18.8 Å². The van der Waals surface area contributed by atoms with Crippen molar-refractivity contribution >= 4 is 11.6 Å². The molecule has 21 heavy (non-hydrogen) atoms. The second kappa shape index (κ2) is 6.62. The van der Waals surface area contributed by atoms with Gasteiger partial charge < -0.3 is 9.64 Å². The van der Waals surface area contributed by atoms with E-state index in [2.05, 4.69) is 0 Å². The van der Waals surface area contributed by atoms with Crippen LogP contribution in [0.15, 0.2) is 12.1 Å². The maximum Gasteiger partial charge on any atom is 0.275 e. The van der Waals surface area contributed by atoms with E-state index < -0.39 is 16.6 Å². The molecule has 0 N–H and O–H groups in total. The lowest BCUT2D eigenvalue weighted by molar-refractivity contribution is -0.385. The number of nitro groups is 1. The van der Waals surface area contributed by atoms with Gasteiger partial charge in [-0.15, -0.1) is 0 Å². The first-order chi connectivity index (χ1) is 10.0. The summed E-state index contributed by atoms with van der Waals surface area (Å²) in [6.07, 6.45) is 1.11. The molecule has 1 heterocycles. The molecule has 0 atom stereocenters. The minimum atomic E-state index is -0.849. The van der Waals surface area contributed by atoms with Crippen molar-refractivity contribution in [3.05, 3.63) is 39.2 Å². The number of morpholine rings is 1. The Morgan fingerprint density at radius 1 is 1.43 bits per heavy atom. The molecule has 0 spiro atoms. The third-order valence-corrected chi connectivity index (χ3v) is 3.41. The van der Waals surface area contributed by atoms with Crippen molar-refractivity contribution in [2.75, 3.05) is 26.3 Å². The molecule has 0 aliphatic carbocycles. The Bertz CT molecular complexity index is 556. The molecular formula is C14H17FN2O4. The zero-order valence-electron chi connectivity index (χ0n) is 11.8. The first kappa shape index (κ1) is 15.4. The van der Waals surface area contributed by atoms with Crippen LogP contribution in [-0.2, 0) is 11.2 Å². The Hall–Kier alpha value is -2.02. The quantitative estimate of drug-likeness (QED) is 0.630. The van der Waals surface area contributed by atoms with Gasteiger partial charge in [0.25, 0.3) is 11.6 Å². The molecule has 0 unspecified atom stereocenters. The van der Waals surface area contributed by atoms with Gasteiger partial charge in [-0.2, -0.15) is 0 Å². The van der Waals surface area contributed by atoms with E-state index in [-0.39, 0.29) is 11.3 Å². The summed E-state index contributed by atoms with van der Waals surface area (Å²) in [5.74, 6) is -1.29. The van der Waals surface area contributed by atoms with Crippen LogP contribution >= 0.6 is 0 Å². The summed E-state index contributed by atoms with van der Waals surface area (Å²) in [7, 11) is 0. The third-order valence-electron chi connectivity index (χ3n) is 3.41. The predicted octanol–water partition coefficient (Wildman–Crippen LogP) is 2.16. The smallest absolute Gasteiger partial charge is 0.275 e. The van der Waals surface area contributed by atoms with Crippen LogP contribution in [0.4, 0.5) is 10.1 Å². The molecular weight excluding hydrogens is 279 g/mol. The molecule has 0 aromatic heterocycles. The molecule has 114 valence electrons. The normalized spacial score (nSPS) is 15.0. The molecule has 0 saturated carbocycles. The van der Waals surface area contributed by atoms with Crippen LogP contribution in [0.1, 0.15) is 29.3 Å². The molecule has 6 nitrogen and oxygen atoms in total. The van der Waals surface area contributed by atoms with Crippen LogP contribution in [0.3, 0.4) is 0 Å². The number of carbonyl (C=O) groups is 1. The number of benzene rings is 1. The lowest BCUT2D eigenvalue weighted by atomic mass is 10.0. The number of amides is 1.